The molecule has 0 aliphatic rings. The van der Waals surface area contributed by atoms with Gasteiger partial charge in [0.25, 0.3) is 0 Å². The average molecular weight is 169 g/mol. The smallest absolute Gasteiger partial charge is 0.358 e. The van der Waals surface area contributed by atoms with Crippen LogP contribution in [0.4, 0.5) is 5.69 Å². The number of carboxylic acids is 1. The van der Waals surface area contributed by atoms with Crippen molar-refractivity contribution in [1.29, 1.82) is 0 Å². The van der Waals surface area contributed by atoms with Gasteiger partial charge in [0.05, 0.1) is 5.69 Å². The molecule has 1 amide bonds. The Balaban J connectivity index is 2.91. The Kier molecular flexibility index (Phi) is 2.09. The Labute approximate surface area is 67.6 Å². The lowest BCUT2D eigenvalue weighted by molar-refractivity contribution is -0.114. The van der Waals surface area contributed by atoms with E-state index in [0.29, 0.717) is 0 Å². The molecule has 0 spiro atoms. The van der Waals surface area contributed by atoms with E-state index in [1.807, 2.05) is 0 Å². The van der Waals surface area contributed by atoms with Gasteiger partial charge in [-0.15, -0.1) is 0 Å². The van der Waals surface area contributed by atoms with Gasteiger partial charge in [0.15, 0.2) is 5.69 Å². The second kappa shape index (κ2) is 3.04. The van der Waals surface area contributed by atoms with Crippen molar-refractivity contribution in [2.75, 3.05) is 5.32 Å². The van der Waals surface area contributed by atoms with Crippen molar-refractivity contribution in [2.45, 2.75) is 6.92 Å². The molecule has 6 nitrogen and oxygen atoms in total. The lowest BCUT2D eigenvalue weighted by atomic mass is 10.3. The number of hydrogen-bond donors (Lipinski definition) is 3. The molecular weight excluding hydrogens is 162 g/mol. The highest BCUT2D eigenvalue weighted by molar-refractivity contribution is 5.98. The summed E-state index contributed by atoms with van der Waals surface area (Å²) in [5, 5.41) is 16.6. The first kappa shape index (κ1) is 8.25. The van der Waals surface area contributed by atoms with Gasteiger partial charge in [-0.1, -0.05) is 0 Å². The molecule has 0 radical (unpaired) electrons. The molecule has 0 atom stereocenters. The van der Waals surface area contributed by atoms with Gasteiger partial charge in [-0.05, 0) is 0 Å². The van der Waals surface area contributed by atoms with E-state index in [2.05, 4.69) is 15.5 Å². The molecule has 0 unspecified atom stereocenters. The number of carbonyl (C=O) groups excluding carboxylic acids is 1. The van der Waals surface area contributed by atoms with Crippen LogP contribution in [0.1, 0.15) is 17.4 Å². The van der Waals surface area contributed by atoms with Crippen LogP contribution in [0.2, 0.25) is 0 Å². The van der Waals surface area contributed by atoms with Crippen LogP contribution >= 0.6 is 0 Å². The topological polar surface area (TPSA) is 95.1 Å². The molecule has 1 aromatic rings. The highest BCUT2D eigenvalue weighted by atomic mass is 16.4. The standard InChI is InChI=1S/C6H7N3O3/c1-3(10)8-4-2-7-9-5(4)6(11)12/h2H,1H3,(H,7,9)(H,8,10)(H,11,12). The maximum Gasteiger partial charge on any atom is 0.358 e. The molecule has 0 bridgehead atoms. The van der Waals surface area contributed by atoms with Crippen LogP contribution in [-0.2, 0) is 4.79 Å². The molecule has 12 heavy (non-hydrogen) atoms. The second-order valence-electron chi connectivity index (χ2n) is 2.13. The van der Waals surface area contributed by atoms with Gasteiger partial charge in [-0.2, -0.15) is 5.10 Å². The van der Waals surface area contributed by atoms with Crippen LogP contribution in [-0.4, -0.2) is 27.2 Å². The number of nitrogens with one attached hydrogen (secondary N) is 2. The molecule has 6 heteroatoms. The molecule has 0 fully saturated rings. The van der Waals surface area contributed by atoms with E-state index < -0.39 is 5.97 Å². The largest absolute Gasteiger partial charge is 0.476 e. The van der Waals surface area contributed by atoms with Crippen LogP contribution in [0, 0.1) is 0 Å². The number of anilines is 1. The van der Waals surface area contributed by atoms with E-state index in [1.54, 1.807) is 0 Å². The van der Waals surface area contributed by atoms with E-state index in [-0.39, 0.29) is 17.3 Å². The third kappa shape index (κ3) is 1.60. The third-order valence-electron chi connectivity index (χ3n) is 1.15. The number of aromatic nitrogens is 2. The summed E-state index contributed by atoms with van der Waals surface area (Å²) < 4.78 is 0. The molecule has 1 heterocycles. The van der Waals surface area contributed by atoms with Crippen LogP contribution < -0.4 is 5.32 Å². The lowest BCUT2D eigenvalue weighted by Crippen LogP contribution is -2.09. The summed E-state index contributed by atoms with van der Waals surface area (Å²) in [6, 6.07) is 0. The van der Waals surface area contributed by atoms with Crippen molar-refractivity contribution in [3.63, 3.8) is 0 Å². The van der Waals surface area contributed by atoms with Crippen LogP contribution in [0.5, 0.6) is 0 Å². The van der Waals surface area contributed by atoms with E-state index in [0.717, 1.165) is 0 Å². The van der Waals surface area contributed by atoms with E-state index in [9.17, 15) is 9.59 Å². The Bertz CT molecular complexity index is 318. The van der Waals surface area contributed by atoms with Crippen molar-refractivity contribution in [3.8, 4) is 0 Å². The van der Waals surface area contributed by atoms with Gasteiger partial charge in [0, 0.05) is 13.1 Å². The Morgan fingerprint density at radius 3 is 2.83 bits per heavy atom. The highest BCUT2D eigenvalue weighted by Crippen LogP contribution is 2.10. The molecule has 0 aliphatic carbocycles. The van der Waals surface area contributed by atoms with Crippen LogP contribution in [0.3, 0.4) is 0 Å². The number of amides is 1. The van der Waals surface area contributed by atoms with E-state index >= 15 is 0 Å². The monoisotopic (exact) mass is 169 g/mol. The normalized spacial score (nSPS) is 9.42. The number of nitrogens with zero attached hydrogens (tertiary/aromatic N) is 1. The maximum absolute atomic E-state index is 10.5. The third-order valence-corrected chi connectivity index (χ3v) is 1.15. The summed E-state index contributed by atoms with van der Waals surface area (Å²) in [5.74, 6) is -1.51. The molecule has 1 rings (SSSR count). The zero-order valence-corrected chi connectivity index (χ0v) is 6.29. The lowest BCUT2D eigenvalue weighted by Gasteiger charge is -1.96. The Hall–Kier alpha value is -1.85. The summed E-state index contributed by atoms with van der Waals surface area (Å²) in [6.45, 7) is 1.29. The molecule has 0 aliphatic heterocycles. The number of rotatable bonds is 2. The fraction of sp³-hybridized carbons (Fsp3) is 0.167. The zero-order chi connectivity index (χ0) is 9.14. The average Bonchev–Trinajstić information content (AvgIpc) is 2.33. The summed E-state index contributed by atoms with van der Waals surface area (Å²) in [4.78, 5) is 21.0. The van der Waals surface area contributed by atoms with Crippen molar-refractivity contribution < 1.29 is 14.7 Å². The first-order valence-electron chi connectivity index (χ1n) is 3.16. The van der Waals surface area contributed by atoms with E-state index in [4.69, 9.17) is 5.11 Å². The first-order valence-corrected chi connectivity index (χ1v) is 3.16. The van der Waals surface area contributed by atoms with Gasteiger partial charge in [-0.3, -0.25) is 9.89 Å². The van der Waals surface area contributed by atoms with Gasteiger partial charge in [-0.25, -0.2) is 4.79 Å². The molecule has 0 saturated heterocycles. The number of carboxylic acid groups (broad SMARTS) is 1. The van der Waals surface area contributed by atoms with Crippen LogP contribution in [0.25, 0.3) is 0 Å². The van der Waals surface area contributed by atoms with E-state index in [1.165, 1.54) is 13.1 Å². The van der Waals surface area contributed by atoms with Gasteiger partial charge in [0.2, 0.25) is 5.91 Å². The van der Waals surface area contributed by atoms with Gasteiger partial charge in [0.1, 0.15) is 0 Å². The summed E-state index contributed by atoms with van der Waals surface area (Å²) in [5.41, 5.74) is -0.0137. The minimum absolute atomic E-state index is 0.176. The van der Waals surface area contributed by atoms with Crippen molar-refractivity contribution in [1.82, 2.24) is 10.2 Å². The quantitative estimate of drug-likeness (QED) is 0.583. The predicted octanol–water partition coefficient (Wildman–Crippen LogP) is 0.0663. The molecule has 0 aromatic carbocycles. The number of aromatic carboxylic acids is 1. The fourth-order valence-electron chi connectivity index (χ4n) is 0.738. The highest BCUT2D eigenvalue weighted by Gasteiger charge is 2.13. The van der Waals surface area contributed by atoms with Crippen molar-refractivity contribution in [2.24, 2.45) is 0 Å². The minimum atomic E-state index is -1.18. The number of hydrogen-bond acceptors (Lipinski definition) is 3. The minimum Gasteiger partial charge on any atom is -0.476 e. The van der Waals surface area contributed by atoms with Crippen molar-refractivity contribution >= 4 is 17.6 Å². The second-order valence-corrected chi connectivity index (χ2v) is 2.13. The number of aromatic amines is 1. The molecule has 3 N–H and O–H groups in total. The summed E-state index contributed by atoms with van der Waals surface area (Å²) in [7, 11) is 0. The molecule has 64 valence electrons. The molecule has 1 aromatic heterocycles. The Morgan fingerprint density at radius 2 is 2.33 bits per heavy atom. The summed E-state index contributed by atoms with van der Waals surface area (Å²) in [6.07, 6.45) is 1.31. The molecule has 0 saturated carbocycles. The Morgan fingerprint density at radius 1 is 1.67 bits per heavy atom. The van der Waals surface area contributed by atoms with Gasteiger partial charge >= 0.3 is 5.97 Å². The molecular formula is C6H7N3O3. The SMILES string of the molecule is CC(=O)Nc1c[nH]nc1C(=O)O. The van der Waals surface area contributed by atoms with Gasteiger partial charge < -0.3 is 10.4 Å². The summed E-state index contributed by atoms with van der Waals surface area (Å²) >= 11 is 0. The number of carbonyl (C=O) groups is 2. The van der Waals surface area contributed by atoms with Crippen LogP contribution in [0.15, 0.2) is 6.20 Å². The van der Waals surface area contributed by atoms with Crippen molar-refractivity contribution in [3.05, 3.63) is 11.9 Å². The predicted molar refractivity (Wildman–Crippen MR) is 39.9 cm³/mol. The zero-order valence-electron chi connectivity index (χ0n) is 6.29. The number of H-pyrrole nitrogens is 1. The maximum atomic E-state index is 10.5. The first-order chi connectivity index (χ1) is 5.61. The fourth-order valence-corrected chi connectivity index (χ4v) is 0.738.